The van der Waals surface area contributed by atoms with E-state index in [-0.39, 0.29) is 11.2 Å². The second-order valence-electron chi connectivity index (χ2n) is 9.06. The van der Waals surface area contributed by atoms with Crippen molar-refractivity contribution < 1.29 is 14.3 Å². The summed E-state index contributed by atoms with van der Waals surface area (Å²) in [5, 5.41) is 18.8. The van der Waals surface area contributed by atoms with Crippen molar-refractivity contribution in [1.82, 2.24) is 10.3 Å². The Balaban J connectivity index is 1.33. The number of ether oxygens (including phenoxy) is 1. The Morgan fingerprint density at radius 1 is 0.846 bits per heavy atom. The lowest BCUT2D eigenvalue weighted by Gasteiger charge is -2.19. The SMILES string of the molecule is CC/C(=C(/c1ccccc1)c1ccc(OCCN(C)c2ccc([N+](=O)[O-])c3nonc23)cc1)c1ccccc1. The van der Waals surface area contributed by atoms with Gasteiger partial charge in [0.05, 0.1) is 17.2 Å². The summed E-state index contributed by atoms with van der Waals surface area (Å²) in [5.74, 6) is 0.759. The van der Waals surface area contributed by atoms with Gasteiger partial charge in [0.15, 0.2) is 5.52 Å². The number of benzene rings is 4. The number of nitro groups is 1. The topological polar surface area (TPSA) is 94.5 Å². The number of allylic oxidation sites excluding steroid dienone is 1. The first kappa shape index (κ1) is 25.7. The van der Waals surface area contributed by atoms with E-state index in [1.807, 2.05) is 36.2 Å². The molecule has 0 saturated carbocycles. The van der Waals surface area contributed by atoms with Crippen LogP contribution in [0, 0.1) is 10.1 Å². The molecule has 0 amide bonds. The van der Waals surface area contributed by atoms with Crippen molar-refractivity contribution in [3.63, 3.8) is 0 Å². The van der Waals surface area contributed by atoms with Gasteiger partial charge in [-0.25, -0.2) is 4.63 Å². The quantitative estimate of drug-likeness (QED) is 0.111. The van der Waals surface area contributed by atoms with Gasteiger partial charge in [0.25, 0.3) is 0 Å². The fourth-order valence-corrected chi connectivity index (χ4v) is 4.72. The molecule has 39 heavy (non-hydrogen) atoms. The maximum atomic E-state index is 11.3. The molecule has 196 valence electrons. The lowest BCUT2D eigenvalue weighted by Crippen LogP contribution is -2.24. The van der Waals surface area contributed by atoms with Crippen molar-refractivity contribution in [3.05, 3.63) is 124 Å². The van der Waals surface area contributed by atoms with Crippen molar-refractivity contribution in [1.29, 1.82) is 0 Å². The minimum absolute atomic E-state index is 0.130. The fourth-order valence-electron chi connectivity index (χ4n) is 4.72. The smallest absolute Gasteiger partial charge is 0.300 e. The molecule has 8 nitrogen and oxygen atoms in total. The van der Waals surface area contributed by atoms with E-state index in [0.29, 0.717) is 24.4 Å². The van der Waals surface area contributed by atoms with Gasteiger partial charge < -0.3 is 9.64 Å². The summed E-state index contributed by atoms with van der Waals surface area (Å²) in [7, 11) is 1.87. The molecule has 0 radical (unpaired) electrons. The Hall–Kier alpha value is -4.98. The third-order valence-electron chi connectivity index (χ3n) is 6.66. The van der Waals surface area contributed by atoms with E-state index in [4.69, 9.17) is 9.37 Å². The predicted octanol–water partition coefficient (Wildman–Crippen LogP) is 7.02. The second-order valence-corrected chi connectivity index (χ2v) is 9.06. The summed E-state index contributed by atoms with van der Waals surface area (Å²) in [6, 6.07) is 32.2. The van der Waals surface area contributed by atoms with E-state index < -0.39 is 4.92 Å². The summed E-state index contributed by atoms with van der Waals surface area (Å²) < 4.78 is 10.8. The van der Waals surface area contributed by atoms with Crippen LogP contribution in [-0.2, 0) is 0 Å². The van der Waals surface area contributed by atoms with Crippen LogP contribution in [-0.4, -0.2) is 35.4 Å². The molecule has 0 saturated heterocycles. The fraction of sp³-hybridized carbons (Fsp3) is 0.161. The van der Waals surface area contributed by atoms with Crippen LogP contribution in [0.15, 0.2) is 102 Å². The van der Waals surface area contributed by atoms with E-state index in [0.717, 1.165) is 17.7 Å². The highest BCUT2D eigenvalue weighted by Crippen LogP contribution is 2.35. The first-order valence-electron chi connectivity index (χ1n) is 12.7. The number of aromatic nitrogens is 2. The van der Waals surface area contributed by atoms with Gasteiger partial charge in [0, 0.05) is 13.1 Å². The first-order valence-corrected chi connectivity index (χ1v) is 12.7. The highest BCUT2D eigenvalue weighted by Gasteiger charge is 2.21. The zero-order valence-electron chi connectivity index (χ0n) is 21.8. The van der Waals surface area contributed by atoms with Crippen molar-refractivity contribution in [2.24, 2.45) is 0 Å². The normalized spacial score (nSPS) is 11.7. The number of hydrogen-bond acceptors (Lipinski definition) is 7. The van der Waals surface area contributed by atoms with Crippen LogP contribution >= 0.6 is 0 Å². The van der Waals surface area contributed by atoms with Gasteiger partial charge in [0.1, 0.15) is 12.4 Å². The average Bonchev–Trinajstić information content (AvgIpc) is 3.47. The maximum Gasteiger partial charge on any atom is 0.300 e. The van der Waals surface area contributed by atoms with Crippen LogP contribution < -0.4 is 9.64 Å². The minimum atomic E-state index is -0.495. The van der Waals surface area contributed by atoms with Crippen LogP contribution in [0.2, 0.25) is 0 Å². The highest BCUT2D eigenvalue weighted by molar-refractivity contribution is 5.98. The number of non-ortho nitro benzene ring substituents is 1. The summed E-state index contributed by atoms with van der Waals surface area (Å²) in [6.07, 6.45) is 0.899. The number of fused-ring (bicyclic) bond motifs is 1. The Morgan fingerprint density at radius 2 is 1.46 bits per heavy atom. The van der Waals surface area contributed by atoms with E-state index in [1.165, 1.54) is 28.3 Å². The predicted molar refractivity (Wildman–Crippen MR) is 153 cm³/mol. The molecule has 0 fully saturated rings. The summed E-state index contributed by atoms with van der Waals surface area (Å²) in [4.78, 5) is 12.7. The molecule has 8 heteroatoms. The van der Waals surface area contributed by atoms with Crippen LogP contribution in [0.1, 0.15) is 30.0 Å². The summed E-state index contributed by atoms with van der Waals surface area (Å²) in [5.41, 5.74) is 7.02. The Kier molecular flexibility index (Phi) is 7.63. The number of nitrogens with zero attached hydrogens (tertiary/aromatic N) is 4. The molecule has 1 aromatic heterocycles. The van der Waals surface area contributed by atoms with Crippen molar-refractivity contribution in [2.45, 2.75) is 13.3 Å². The average molecular weight is 521 g/mol. The number of rotatable bonds is 10. The molecule has 0 N–H and O–H groups in total. The van der Waals surface area contributed by atoms with E-state index in [9.17, 15) is 10.1 Å². The molecular formula is C31H28N4O4. The number of nitro benzene ring substituents is 1. The van der Waals surface area contributed by atoms with Crippen molar-refractivity contribution in [3.8, 4) is 5.75 Å². The molecule has 5 rings (SSSR count). The zero-order chi connectivity index (χ0) is 27.2. The number of anilines is 1. The third kappa shape index (κ3) is 5.50. The van der Waals surface area contributed by atoms with Gasteiger partial charge in [-0.15, -0.1) is 0 Å². The van der Waals surface area contributed by atoms with E-state index in [2.05, 4.69) is 77.9 Å². The first-order chi connectivity index (χ1) is 19.1. The van der Waals surface area contributed by atoms with Gasteiger partial charge in [0.2, 0.25) is 5.52 Å². The van der Waals surface area contributed by atoms with Crippen LogP contribution in [0.25, 0.3) is 22.2 Å². The van der Waals surface area contributed by atoms with Crippen LogP contribution in [0.5, 0.6) is 5.75 Å². The largest absolute Gasteiger partial charge is 0.492 e. The van der Waals surface area contributed by atoms with Gasteiger partial charge in [-0.3, -0.25) is 10.1 Å². The number of hydrogen-bond donors (Lipinski definition) is 0. The van der Waals surface area contributed by atoms with Crippen LogP contribution in [0.4, 0.5) is 11.4 Å². The zero-order valence-corrected chi connectivity index (χ0v) is 21.8. The van der Waals surface area contributed by atoms with Gasteiger partial charge in [-0.1, -0.05) is 79.7 Å². The molecule has 1 heterocycles. The molecule has 0 bridgehead atoms. The Morgan fingerprint density at radius 3 is 2.10 bits per heavy atom. The van der Waals surface area contributed by atoms with Crippen molar-refractivity contribution in [2.75, 3.05) is 25.1 Å². The number of likely N-dealkylation sites (N-methyl/N-ethyl adjacent to an activating group) is 1. The third-order valence-corrected chi connectivity index (χ3v) is 6.66. The molecule has 0 unspecified atom stereocenters. The monoisotopic (exact) mass is 520 g/mol. The molecule has 5 aromatic rings. The van der Waals surface area contributed by atoms with Gasteiger partial charge >= 0.3 is 5.69 Å². The Bertz CT molecular complexity index is 1600. The summed E-state index contributed by atoms with van der Waals surface area (Å²) in [6.45, 7) is 3.13. The van der Waals surface area contributed by atoms with Gasteiger partial charge in [-0.2, -0.15) is 0 Å². The highest BCUT2D eigenvalue weighted by atomic mass is 16.6. The molecule has 0 aliphatic carbocycles. The second kappa shape index (κ2) is 11.6. The van der Waals surface area contributed by atoms with E-state index in [1.54, 1.807) is 6.07 Å². The molecule has 0 aliphatic rings. The molecular weight excluding hydrogens is 492 g/mol. The standard InChI is InChI=1S/C31H28N4O4/c1-3-26(22-10-6-4-7-11-22)29(23-12-8-5-9-13-23)24-14-16-25(17-15-24)38-21-20-34(2)27-18-19-28(35(36)37)31-30(27)32-39-33-31/h4-19H,3,20-21H2,1-2H3/b29-26+. The lowest BCUT2D eigenvalue weighted by molar-refractivity contribution is -0.383. The lowest BCUT2D eigenvalue weighted by atomic mass is 9.88. The van der Waals surface area contributed by atoms with Crippen molar-refractivity contribution >= 4 is 33.6 Å². The maximum absolute atomic E-state index is 11.3. The Labute approximate surface area is 226 Å². The molecule has 4 aromatic carbocycles. The molecule has 0 aliphatic heterocycles. The van der Waals surface area contributed by atoms with Crippen LogP contribution in [0.3, 0.4) is 0 Å². The molecule has 0 spiro atoms. The minimum Gasteiger partial charge on any atom is -0.492 e. The van der Waals surface area contributed by atoms with Gasteiger partial charge in [-0.05, 0) is 62.8 Å². The van der Waals surface area contributed by atoms with E-state index >= 15 is 0 Å². The molecule has 0 atom stereocenters. The summed E-state index contributed by atoms with van der Waals surface area (Å²) >= 11 is 0.